The molecule has 5 nitrogen and oxygen atoms in total. The minimum absolute atomic E-state index is 0.000964. The molecule has 0 bridgehead atoms. The van der Waals surface area contributed by atoms with Crippen molar-refractivity contribution in [3.63, 3.8) is 0 Å². The molecule has 1 aliphatic rings. The molecule has 0 aliphatic carbocycles. The van der Waals surface area contributed by atoms with Gasteiger partial charge >= 0.3 is 0 Å². The zero-order valence-corrected chi connectivity index (χ0v) is 17.7. The Labute approximate surface area is 178 Å². The number of para-hydroxylation sites is 1. The van der Waals surface area contributed by atoms with Gasteiger partial charge in [-0.25, -0.2) is 0 Å². The highest BCUT2D eigenvalue weighted by molar-refractivity contribution is 9.10. The molecule has 3 aromatic rings. The van der Waals surface area contributed by atoms with Crippen LogP contribution in [-0.2, 0) is 4.79 Å². The van der Waals surface area contributed by atoms with E-state index in [1.54, 1.807) is 19.3 Å². The summed E-state index contributed by atoms with van der Waals surface area (Å²) in [7, 11) is 0. The maximum atomic E-state index is 12.5. The number of Topliss-reactive ketones (excluding diaryl/α,β-unsaturated/α-hetero) is 1. The highest BCUT2D eigenvalue weighted by Gasteiger charge is 2.27. The van der Waals surface area contributed by atoms with Gasteiger partial charge in [-0.05, 0) is 65.7 Å². The van der Waals surface area contributed by atoms with Crippen LogP contribution < -0.4 is 15.4 Å². The summed E-state index contributed by atoms with van der Waals surface area (Å²) >= 11 is 3.47. The van der Waals surface area contributed by atoms with E-state index in [0.29, 0.717) is 11.3 Å². The molecule has 2 heterocycles. The van der Waals surface area contributed by atoms with Crippen LogP contribution in [0.3, 0.4) is 0 Å². The van der Waals surface area contributed by atoms with Crippen molar-refractivity contribution in [2.45, 2.75) is 19.9 Å². The lowest BCUT2D eigenvalue weighted by Crippen LogP contribution is -2.18. The molecule has 0 spiro atoms. The summed E-state index contributed by atoms with van der Waals surface area (Å²) in [4.78, 5) is 16.8. The zero-order chi connectivity index (χ0) is 20.4. The van der Waals surface area contributed by atoms with E-state index < -0.39 is 0 Å². The van der Waals surface area contributed by atoms with Crippen LogP contribution in [0, 0.1) is 0 Å². The van der Waals surface area contributed by atoms with Crippen molar-refractivity contribution in [3.8, 4) is 11.5 Å². The minimum atomic E-state index is -0.313. The van der Waals surface area contributed by atoms with Crippen LogP contribution in [-0.4, -0.2) is 10.8 Å². The molecule has 2 N–H and O–H groups in total. The molecule has 0 fully saturated rings. The second-order valence-electron chi connectivity index (χ2n) is 6.86. The molecule has 6 heteroatoms. The number of ether oxygens (including phenoxy) is 1. The fourth-order valence-electron chi connectivity index (χ4n) is 3.46. The fraction of sp³-hybridized carbons (Fsp3) is 0.130. The van der Waals surface area contributed by atoms with Crippen molar-refractivity contribution in [2.75, 3.05) is 10.6 Å². The standard InChI is InChI=1S/C23H20BrN3O2/c1-14-22(15(2)28)23(16-10-17(24)13-25-12-16)27-20-9-8-19(11-21(20)26-14)29-18-6-4-3-5-7-18/h3-13,23,26-27H,1-2H3. The molecule has 146 valence electrons. The van der Waals surface area contributed by atoms with Crippen molar-refractivity contribution in [1.29, 1.82) is 0 Å². The number of allylic oxidation sites excluding steroid dienone is 1. The summed E-state index contributed by atoms with van der Waals surface area (Å²) in [5.41, 5.74) is 4.10. The average molecular weight is 450 g/mol. The van der Waals surface area contributed by atoms with E-state index in [1.807, 2.05) is 61.5 Å². The zero-order valence-electron chi connectivity index (χ0n) is 16.1. The number of aromatic nitrogens is 1. The van der Waals surface area contributed by atoms with E-state index in [0.717, 1.165) is 32.9 Å². The van der Waals surface area contributed by atoms with Gasteiger partial charge in [-0.3, -0.25) is 9.78 Å². The van der Waals surface area contributed by atoms with E-state index in [9.17, 15) is 4.79 Å². The number of nitrogens with one attached hydrogen (secondary N) is 2. The summed E-state index contributed by atoms with van der Waals surface area (Å²) in [6.45, 7) is 3.50. The Morgan fingerprint density at radius 2 is 1.83 bits per heavy atom. The molecule has 29 heavy (non-hydrogen) atoms. The first kappa shape index (κ1) is 19.2. The number of nitrogens with zero attached hydrogens (tertiary/aromatic N) is 1. The summed E-state index contributed by atoms with van der Waals surface area (Å²) in [5.74, 6) is 1.48. The second kappa shape index (κ2) is 8.09. The Morgan fingerprint density at radius 1 is 1.03 bits per heavy atom. The lowest BCUT2D eigenvalue weighted by atomic mass is 9.95. The van der Waals surface area contributed by atoms with Gasteiger partial charge in [0.25, 0.3) is 0 Å². The molecule has 1 unspecified atom stereocenters. The molecule has 2 aromatic carbocycles. The van der Waals surface area contributed by atoms with Gasteiger partial charge in [0.15, 0.2) is 5.78 Å². The smallest absolute Gasteiger partial charge is 0.159 e. The number of fused-ring (bicyclic) bond motifs is 1. The van der Waals surface area contributed by atoms with Crippen LogP contribution in [0.5, 0.6) is 11.5 Å². The third kappa shape index (κ3) is 4.17. The number of rotatable bonds is 4. The first-order valence-corrected chi connectivity index (χ1v) is 10.0. The van der Waals surface area contributed by atoms with E-state index >= 15 is 0 Å². The number of carbonyl (C=O) groups excluding carboxylic acids is 1. The molecule has 0 amide bonds. The number of benzene rings is 2. The number of pyridine rings is 1. The van der Waals surface area contributed by atoms with Gasteiger partial charge in [0.2, 0.25) is 0 Å². The molecule has 0 saturated carbocycles. The van der Waals surface area contributed by atoms with Gasteiger partial charge in [-0.15, -0.1) is 0 Å². The highest BCUT2D eigenvalue weighted by atomic mass is 79.9. The highest BCUT2D eigenvalue weighted by Crippen LogP contribution is 2.39. The Hall–Kier alpha value is -3.12. The lowest BCUT2D eigenvalue weighted by Gasteiger charge is -2.21. The summed E-state index contributed by atoms with van der Waals surface area (Å²) < 4.78 is 6.82. The normalized spacial score (nSPS) is 15.6. The third-order valence-electron chi connectivity index (χ3n) is 4.72. The van der Waals surface area contributed by atoms with Gasteiger partial charge in [-0.2, -0.15) is 0 Å². The van der Waals surface area contributed by atoms with E-state index in [4.69, 9.17) is 4.74 Å². The lowest BCUT2D eigenvalue weighted by molar-refractivity contribution is -0.113. The van der Waals surface area contributed by atoms with Gasteiger partial charge < -0.3 is 15.4 Å². The topological polar surface area (TPSA) is 63.2 Å². The summed E-state index contributed by atoms with van der Waals surface area (Å²) in [5, 5.41) is 6.88. The summed E-state index contributed by atoms with van der Waals surface area (Å²) in [6, 6.07) is 17.1. The molecular formula is C23H20BrN3O2. The van der Waals surface area contributed by atoms with Gasteiger partial charge in [0, 0.05) is 34.2 Å². The van der Waals surface area contributed by atoms with Crippen molar-refractivity contribution in [3.05, 3.63) is 88.3 Å². The molecule has 4 rings (SSSR count). The first-order chi connectivity index (χ1) is 14.0. The van der Waals surface area contributed by atoms with Crippen LogP contribution in [0.1, 0.15) is 25.5 Å². The molecule has 1 atom stereocenters. The number of hydrogen-bond donors (Lipinski definition) is 2. The SMILES string of the molecule is CC(=O)C1=C(C)Nc2cc(Oc3ccccc3)ccc2NC1c1cncc(Br)c1. The fourth-order valence-corrected chi connectivity index (χ4v) is 3.84. The van der Waals surface area contributed by atoms with Gasteiger partial charge in [-0.1, -0.05) is 18.2 Å². The number of anilines is 2. The molecular weight excluding hydrogens is 430 g/mol. The van der Waals surface area contributed by atoms with Crippen molar-refractivity contribution in [2.24, 2.45) is 0 Å². The first-order valence-electron chi connectivity index (χ1n) is 9.24. The molecule has 1 aromatic heterocycles. The predicted octanol–water partition coefficient (Wildman–Crippen LogP) is 6.08. The number of carbonyl (C=O) groups is 1. The van der Waals surface area contributed by atoms with Crippen molar-refractivity contribution >= 4 is 33.1 Å². The predicted molar refractivity (Wildman–Crippen MR) is 118 cm³/mol. The van der Waals surface area contributed by atoms with Crippen LogP contribution in [0.15, 0.2) is 82.7 Å². The Balaban J connectivity index is 1.73. The minimum Gasteiger partial charge on any atom is -0.457 e. The van der Waals surface area contributed by atoms with E-state index in [-0.39, 0.29) is 11.8 Å². The molecule has 0 radical (unpaired) electrons. The Morgan fingerprint density at radius 3 is 2.55 bits per heavy atom. The van der Waals surface area contributed by atoms with Gasteiger partial charge in [0.05, 0.1) is 17.4 Å². The van der Waals surface area contributed by atoms with Gasteiger partial charge in [0.1, 0.15) is 11.5 Å². The Kier molecular flexibility index (Phi) is 5.36. The van der Waals surface area contributed by atoms with E-state index in [2.05, 4.69) is 31.5 Å². The molecule has 0 saturated heterocycles. The Bertz CT molecular complexity index is 1100. The molecule has 1 aliphatic heterocycles. The van der Waals surface area contributed by atoms with Crippen LogP contribution >= 0.6 is 15.9 Å². The van der Waals surface area contributed by atoms with Crippen LogP contribution in [0.4, 0.5) is 11.4 Å². The largest absolute Gasteiger partial charge is 0.457 e. The van der Waals surface area contributed by atoms with Crippen LogP contribution in [0.2, 0.25) is 0 Å². The maximum Gasteiger partial charge on any atom is 0.159 e. The summed E-state index contributed by atoms with van der Waals surface area (Å²) in [6.07, 6.45) is 3.50. The maximum absolute atomic E-state index is 12.5. The third-order valence-corrected chi connectivity index (χ3v) is 5.16. The van der Waals surface area contributed by atoms with E-state index in [1.165, 1.54) is 0 Å². The van der Waals surface area contributed by atoms with Crippen molar-refractivity contribution < 1.29 is 9.53 Å². The van der Waals surface area contributed by atoms with Crippen molar-refractivity contribution in [1.82, 2.24) is 4.98 Å². The number of hydrogen-bond acceptors (Lipinski definition) is 5. The number of halogens is 1. The average Bonchev–Trinajstić information content (AvgIpc) is 2.84. The monoisotopic (exact) mass is 449 g/mol. The van der Waals surface area contributed by atoms with Crippen LogP contribution in [0.25, 0.3) is 0 Å². The quantitative estimate of drug-likeness (QED) is 0.505. The number of ketones is 1. The second-order valence-corrected chi connectivity index (χ2v) is 7.77.